The molecule has 0 radical (unpaired) electrons. The molecule has 0 amide bonds. The van der Waals surface area contributed by atoms with Gasteiger partial charge in [0.1, 0.15) is 6.26 Å². The van der Waals surface area contributed by atoms with Crippen LogP contribution in [0.2, 0.25) is 0 Å². The number of aryl methyl sites for hydroxylation is 3. The number of hydrogen-bond donors (Lipinski definition) is 0. The van der Waals surface area contributed by atoms with Crippen LogP contribution in [0, 0.1) is 6.92 Å². The normalized spacial score (nSPS) is 9.60. The summed E-state index contributed by atoms with van der Waals surface area (Å²) in [5, 5.41) is 8.28. The maximum atomic E-state index is 5.01. The molecule has 30 heavy (non-hydrogen) atoms. The van der Waals surface area contributed by atoms with E-state index >= 15 is 0 Å². The first-order valence-electron chi connectivity index (χ1n) is 9.50. The molecule has 3 aromatic heterocycles. The summed E-state index contributed by atoms with van der Waals surface area (Å²) in [5.74, 6) is 2.37. The highest BCUT2D eigenvalue weighted by Crippen LogP contribution is 2.12. The predicted octanol–water partition coefficient (Wildman–Crippen LogP) is 7.10. The lowest BCUT2D eigenvalue weighted by Crippen LogP contribution is -1.92. The van der Waals surface area contributed by atoms with Crippen LogP contribution < -0.4 is 0 Å². The molecule has 0 saturated heterocycles. The molecular formula is C24H47N5O. The van der Waals surface area contributed by atoms with Crippen molar-refractivity contribution in [3.63, 3.8) is 0 Å². The third-order valence-electron chi connectivity index (χ3n) is 3.95. The quantitative estimate of drug-likeness (QED) is 0.452. The maximum absolute atomic E-state index is 5.01. The van der Waals surface area contributed by atoms with Gasteiger partial charge >= 0.3 is 0 Å². The predicted molar refractivity (Wildman–Crippen MR) is 130 cm³/mol. The largest absolute Gasteiger partial charge is 0.449 e. The van der Waals surface area contributed by atoms with E-state index in [1.807, 2.05) is 55.0 Å². The SMILES string of the molecule is C.C.C.CC(C)c1ccn(C)n1.CC(C)c1cnn(C)c1.Cc1nc(C(C)C)co1. The fraction of sp³-hybridized carbons (Fsp3) is 0.625. The highest BCUT2D eigenvalue weighted by molar-refractivity contribution is 5.08. The van der Waals surface area contributed by atoms with E-state index in [9.17, 15) is 0 Å². The zero-order chi connectivity index (χ0) is 20.6. The molecule has 0 aromatic carbocycles. The van der Waals surface area contributed by atoms with Gasteiger partial charge in [0.15, 0.2) is 5.89 Å². The van der Waals surface area contributed by atoms with E-state index in [1.165, 1.54) is 5.56 Å². The van der Waals surface area contributed by atoms with Crippen molar-refractivity contribution in [2.45, 2.75) is 88.5 Å². The van der Waals surface area contributed by atoms with Crippen molar-refractivity contribution in [3.8, 4) is 0 Å². The molecule has 3 aromatic rings. The van der Waals surface area contributed by atoms with E-state index in [-0.39, 0.29) is 22.3 Å². The Morgan fingerprint density at radius 3 is 1.60 bits per heavy atom. The zero-order valence-electron chi connectivity index (χ0n) is 18.3. The highest BCUT2D eigenvalue weighted by Gasteiger charge is 2.02. The number of oxazole rings is 1. The minimum absolute atomic E-state index is 0. The van der Waals surface area contributed by atoms with Crippen molar-refractivity contribution in [1.29, 1.82) is 0 Å². The lowest BCUT2D eigenvalue weighted by atomic mass is 10.1. The first-order chi connectivity index (χ1) is 12.6. The summed E-state index contributed by atoms with van der Waals surface area (Å²) in [4.78, 5) is 4.14. The molecule has 0 aliphatic carbocycles. The second-order valence-electron chi connectivity index (χ2n) is 7.62. The smallest absolute Gasteiger partial charge is 0.191 e. The molecule has 3 heterocycles. The van der Waals surface area contributed by atoms with E-state index in [0.717, 1.165) is 17.3 Å². The summed E-state index contributed by atoms with van der Waals surface area (Å²) >= 11 is 0. The highest BCUT2D eigenvalue weighted by atomic mass is 16.3. The van der Waals surface area contributed by atoms with Crippen LogP contribution in [0.25, 0.3) is 0 Å². The Morgan fingerprint density at radius 1 is 0.833 bits per heavy atom. The first-order valence-corrected chi connectivity index (χ1v) is 9.50. The van der Waals surface area contributed by atoms with Crippen LogP contribution in [-0.4, -0.2) is 24.5 Å². The average molecular weight is 422 g/mol. The fourth-order valence-corrected chi connectivity index (χ4v) is 2.12. The Balaban J connectivity index is -0.000000347. The van der Waals surface area contributed by atoms with Crippen LogP contribution in [0.1, 0.15) is 104 Å². The molecule has 0 bridgehead atoms. The summed E-state index contributed by atoms with van der Waals surface area (Å²) in [6.07, 6.45) is 7.63. The lowest BCUT2D eigenvalue weighted by molar-refractivity contribution is 0.520. The topological polar surface area (TPSA) is 61.7 Å². The van der Waals surface area contributed by atoms with Crippen LogP contribution in [0.5, 0.6) is 0 Å². The van der Waals surface area contributed by atoms with Crippen molar-refractivity contribution >= 4 is 0 Å². The molecule has 3 rings (SSSR count). The second kappa shape index (κ2) is 15.5. The Hall–Kier alpha value is -2.37. The number of aromatic nitrogens is 5. The van der Waals surface area contributed by atoms with Crippen molar-refractivity contribution < 1.29 is 4.42 Å². The molecular weight excluding hydrogens is 374 g/mol. The van der Waals surface area contributed by atoms with Gasteiger partial charge in [-0.1, -0.05) is 63.8 Å². The number of hydrogen-bond acceptors (Lipinski definition) is 4. The lowest BCUT2D eigenvalue weighted by Gasteiger charge is -1.95. The van der Waals surface area contributed by atoms with E-state index in [2.05, 4.69) is 56.7 Å². The molecule has 0 N–H and O–H groups in total. The molecule has 0 fully saturated rings. The van der Waals surface area contributed by atoms with Gasteiger partial charge in [-0.25, -0.2) is 4.98 Å². The van der Waals surface area contributed by atoms with Gasteiger partial charge in [-0.2, -0.15) is 10.2 Å². The van der Waals surface area contributed by atoms with Gasteiger partial charge in [-0.05, 0) is 29.4 Å². The van der Waals surface area contributed by atoms with Gasteiger partial charge < -0.3 is 4.42 Å². The van der Waals surface area contributed by atoms with Crippen LogP contribution in [0.15, 0.2) is 35.3 Å². The molecule has 0 atom stereocenters. The van der Waals surface area contributed by atoms with Gasteiger partial charge in [-0.3, -0.25) is 9.36 Å². The third kappa shape index (κ3) is 11.6. The van der Waals surface area contributed by atoms with Crippen LogP contribution in [0.3, 0.4) is 0 Å². The summed E-state index contributed by atoms with van der Waals surface area (Å²) in [6.45, 7) is 14.7. The van der Waals surface area contributed by atoms with Gasteiger partial charge in [-0.15, -0.1) is 0 Å². The third-order valence-corrected chi connectivity index (χ3v) is 3.95. The molecule has 0 saturated carbocycles. The van der Waals surface area contributed by atoms with E-state index < -0.39 is 0 Å². The van der Waals surface area contributed by atoms with Crippen LogP contribution in [0.4, 0.5) is 0 Å². The molecule has 0 aliphatic heterocycles. The monoisotopic (exact) mass is 421 g/mol. The number of rotatable bonds is 3. The van der Waals surface area contributed by atoms with Gasteiger partial charge in [0.05, 0.1) is 17.6 Å². The van der Waals surface area contributed by atoms with Crippen molar-refractivity contribution in [2.24, 2.45) is 14.1 Å². The van der Waals surface area contributed by atoms with Crippen molar-refractivity contribution in [2.75, 3.05) is 0 Å². The zero-order valence-corrected chi connectivity index (χ0v) is 18.3. The van der Waals surface area contributed by atoms with Crippen LogP contribution >= 0.6 is 0 Å². The van der Waals surface area contributed by atoms with E-state index in [0.29, 0.717) is 17.8 Å². The van der Waals surface area contributed by atoms with Crippen molar-refractivity contribution in [3.05, 3.63) is 53.8 Å². The van der Waals surface area contributed by atoms with Crippen molar-refractivity contribution in [1.82, 2.24) is 24.5 Å². The Labute approximate surface area is 185 Å². The Morgan fingerprint density at radius 2 is 1.40 bits per heavy atom. The first kappa shape index (κ1) is 32.3. The molecule has 0 unspecified atom stereocenters. The summed E-state index contributed by atoms with van der Waals surface area (Å²) in [6, 6.07) is 2.05. The fourth-order valence-electron chi connectivity index (χ4n) is 2.12. The van der Waals surface area contributed by atoms with Gasteiger partial charge in [0.25, 0.3) is 0 Å². The van der Waals surface area contributed by atoms with Gasteiger partial charge in [0.2, 0.25) is 0 Å². The Bertz CT molecular complexity index is 676. The maximum Gasteiger partial charge on any atom is 0.191 e. The average Bonchev–Trinajstić information content (AvgIpc) is 3.30. The van der Waals surface area contributed by atoms with E-state index in [4.69, 9.17) is 4.42 Å². The molecule has 6 nitrogen and oxygen atoms in total. The number of nitrogens with zero attached hydrogens (tertiary/aromatic N) is 5. The van der Waals surface area contributed by atoms with Crippen LogP contribution in [-0.2, 0) is 14.1 Å². The molecule has 0 spiro atoms. The minimum Gasteiger partial charge on any atom is -0.449 e. The summed E-state index contributed by atoms with van der Waals surface area (Å²) in [5.41, 5.74) is 3.50. The summed E-state index contributed by atoms with van der Waals surface area (Å²) < 4.78 is 8.67. The standard InChI is InChI=1S/2C7H12N2.C7H11NO.3CH4/c1-6(2)7-4-8-9(3)5-7;1-6(2)7-4-5-9(3)8-7;1-5(2)7-4-9-6(3)8-7;;;/h2*4-6H,1-3H3;4-5H,1-3H3;3*1H4. The second-order valence-corrected chi connectivity index (χ2v) is 7.62. The summed E-state index contributed by atoms with van der Waals surface area (Å²) in [7, 11) is 3.87. The Kier molecular flexibility index (Phi) is 16.7. The minimum atomic E-state index is 0. The van der Waals surface area contributed by atoms with Gasteiger partial charge in [0, 0.05) is 33.4 Å². The van der Waals surface area contributed by atoms with E-state index in [1.54, 1.807) is 6.26 Å². The molecule has 0 aliphatic rings. The molecule has 6 heteroatoms. The molecule has 174 valence electrons.